The molecule has 4 aromatic rings. The molecule has 2 aliphatic heterocycles. The molecule has 1 saturated carbocycles. The normalized spacial score (nSPS) is 26.7. The molecule has 3 fully saturated rings. The Kier molecular flexibility index (Phi) is 7.67. The topological polar surface area (TPSA) is 116 Å². The first-order valence-electron chi connectivity index (χ1n) is 17.1. The number of phenols is 1. The van der Waals surface area contributed by atoms with Crippen LogP contribution < -0.4 is 15.1 Å². The van der Waals surface area contributed by atoms with Crippen molar-refractivity contribution in [3.8, 4) is 11.5 Å². The first kappa shape index (κ1) is 32.3. The van der Waals surface area contributed by atoms with Crippen molar-refractivity contribution in [1.82, 2.24) is 5.01 Å². The van der Waals surface area contributed by atoms with Crippen molar-refractivity contribution in [2.75, 3.05) is 17.4 Å². The van der Waals surface area contributed by atoms with Crippen LogP contribution in [0, 0.1) is 30.6 Å². The van der Waals surface area contributed by atoms with Crippen LogP contribution in [0.25, 0.3) is 6.08 Å². The van der Waals surface area contributed by atoms with E-state index >= 15 is 4.79 Å². The molecule has 4 amide bonds. The van der Waals surface area contributed by atoms with Gasteiger partial charge in [0.15, 0.2) is 11.5 Å². The molecule has 2 heterocycles. The van der Waals surface area contributed by atoms with E-state index in [4.69, 9.17) is 4.74 Å². The molecule has 6 unspecified atom stereocenters. The molecular formula is C42H37N3O6. The maximum absolute atomic E-state index is 15.3. The van der Waals surface area contributed by atoms with Crippen molar-refractivity contribution in [3.05, 3.63) is 138 Å². The van der Waals surface area contributed by atoms with Crippen molar-refractivity contribution in [2.24, 2.45) is 23.7 Å². The van der Waals surface area contributed by atoms with Crippen molar-refractivity contribution in [1.29, 1.82) is 0 Å². The van der Waals surface area contributed by atoms with Gasteiger partial charge >= 0.3 is 0 Å². The summed E-state index contributed by atoms with van der Waals surface area (Å²) in [5.74, 6) is -4.73. The van der Waals surface area contributed by atoms with Crippen LogP contribution in [0.5, 0.6) is 11.5 Å². The van der Waals surface area contributed by atoms with Crippen molar-refractivity contribution in [3.63, 3.8) is 0 Å². The fraction of sp³-hybridized carbons (Fsp3) is 0.238. The summed E-state index contributed by atoms with van der Waals surface area (Å²) in [7, 11) is 1.46. The second-order valence-corrected chi connectivity index (χ2v) is 13.8. The predicted molar refractivity (Wildman–Crippen MR) is 192 cm³/mol. The van der Waals surface area contributed by atoms with E-state index < -0.39 is 46.8 Å². The molecule has 8 rings (SSSR count). The molecule has 51 heavy (non-hydrogen) atoms. The number of carbonyl (C=O) groups excluding carboxylic acids is 4. The molecule has 6 atom stereocenters. The number of benzene rings is 4. The van der Waals surface area contributed by atoms with Gasteiger partial charge in [-0.1, -0.05) is 90.5 Å². The SMILES string of the molecule is C=Cc1ccc(N2C(=O)C3CC=C4C(CC5C(=O)N(Nc6ccc(C)cc6)C(=O)C5(c5ccccc5)C4c4ccc(O)c(OC)c4)C3C2=O)cc1. The Morgan fingerprint density at radius 1 is 0.882 bits per heavy atom. The Balaban J connectivity index is 1.31. The van der Waals surface area contributed by atoms with Crippen molar-refractivity contribution < 1.29 is 29.0 Å². The number of nitrogens with zero attached hydrogens (tertiary/aromatic N) is 2. The third kappa shape index (κ3) is 4.75. The molecule has 2 saturated heterocycles. The lowest BCUT2D eigenvalue weighted by Gasteiger charge is -2.50. The Morgan fingerprint density at radius 3 is 2.29 bits per heavy atom. The fourth-order valence-electron chi connectivity index (χ4n) is 9.01. The van der Waals surface area contributed by atoms with Gasteiger partial charge in [-0.2, -0.15) is 5.01 Å². The average molecular weight is 680 g/mol. The number of aryl methyl sites for hydroxylation is 1. The first-order chi connectivity index (χ1) is 24.7. The van der Waals surface area contributed by atoms with Crippen molar-refractivity contribution >= 4 is 41.1 Å². The lowest BCUT2D eigenvalue weighted by Crippen LogP contribution is -2.53. The van der Waals surface area contributed by atoms with E-state index in [1.54, 1.807) is 30.3 Å². The van der Waals surface area contributed by atoms with Crippen LogP contribution in [-0.2, 0) is 24.6 Å². The number of phenolic OH excluding ortho intramolecular Hbond substituents is 1. The molecule has 0 bridgehead atoms. The minimum atomic E-state index is -1.42. The minimum absolute atomic E-state index is 0.0669. The third-order valence-corrected chi connectivity index (χ3v) is 11.3. The smallest absolute Gasteiger partial charge is 0.260 e. The highest BCUT2D eigenvalue weighted by Gasteiger charge is 2.70. The molecule has 256 valence electrons. The minimum Gasteiger partial charge on any atom is -0.504 e. The first-order valence-corrected chi connectivity index (χ1v) is 17.1. The second-order valence-electron chi connectivity index (χ2n) is 13.8. The Labute approximate surface area is 295 Å². The summed E-state index contributed by atoms with van der Waals surface area (Å²) in [6.07, 6.45) is 4.20. The molecule has 2 aliphatic carbocycles. The standard InChI is InChI=1S/C42H37N3O6/c1-4-25-12-17-29(18-13-25)44-38(47)31-20-19-30-32(36(31)40(44)49)23-33-39(48)45(43-28-15-10-24(2)11-16-28)41(50)42(33,27-8-6-5-7-9-27)37(30)26-14-21-34(46)35(22-26)51-3/h4-19,21-22,31-33,36-37,43,46H,1,20,23H2,2-3H3. The zero-order chi connectivity index (χ0) is 35.6. The molecule has 0 spiro atoms. The van der Waals surface area contributed by atoms with Crippen LogP contribution in [0.2, 0.25) is 0 Å². The van der Waals surface area contributed by atoms with E-state index in [1.807, 2.05) is 79.7 Å². The van der Waals surface area contributed by atoms with Crippen LogP contribution in [0.1, 0.15) is 41.0 Å². The predicted octanol–water partition coefficient (Wildman–Crippen LogP) is 6.54. The summed E-state index contributed by atoms with van der Waals surface area (Å²) in [5, 5.41) is 11.8. The number of hydrogen-bond acceptors (Lipinski definition) is 7. The van der Waals surface area contributed by atoms with Gasteiger partial charge in [-0.15, -0.1) is 0 Å². The number of allylic oxidation sites excluding steroid dienone is 2. The number of ether oxygens (including phenoxy) is 1. The van der Waals surface area contributed by atoms with E-state index in [-0.39, 0.29) is 29.7 Å². The maximum atomic E-state index is 15.3. The monoisotopic (exact) mass is 679 g/mol. The Morgan fingerprint density at radius 2 is 1.61 bits per heavy atom. The fourth-order valence-corrected chi connectivity index (χ4v) is 9.01. The van der Waals surface area contributed by atoms with Crippen LogP contribution in [0.4, 0.5) is 11.4 Å². The van der Waals surface area contributed by atoms with Crippen LogP contribution in [-0.4, -0.2) is 40.9 Å². The summed E-state index contributed by atoms with van der Waals surface area (Å²) in [6.45, 7) is 5.76. The number of aromatic hydroxyl groups is 1. The van der Waals surface area contributed by atoms with E-state index in [2.05, 4.69) is 12.0 Å². The van der Waals surface area contributed by atoms with Crippen LogP contribution in [0.15, 0.2) is 115 Å². The molecule has 4 aliphatic rings. The molecule has 9 heteroatoms. The van der Waals surface area contributed by atoms with Crippen LogP contribution in [0.3, 0.4) is 0 Å². The number of anilines is 2. The van der Waals surface area contributed by atoms with Gasteiger partial charge in [-0.3, -0.25) is 29.5 Å². The van der Waals surface area contributed by atoms with E-state index in [9.17, 15) is 19.5 Å². The average Bonchev–Trinajstić information content (AvgIpc) is 3.54. The van der Waals surface area contributed by atoms with Gasteiger partial charge in [0.25, 0.3) is 11.8 Å². The summed E-state index contributed by atoms with van der Waals surface area (Å²) < 4.78 is 5.54. The highest BCUT2D eigenvalue weighted by molar-refractivity contribution is 6.22. The largest absolute Gasteiger partial charge is 0.504 e. The lowest BCUT2D eigenvalue weighted by atomic mass is 9.49. The third-order valence-electron chi connectivity index (χ3n) is 11.3. The number of fused-ring (bicyclic) bond motifs is 4. The summed E-state index contributed by atoms with van der Waals surface area (Å²) in [4.78, 5) is 59.9. The zero-order valence-electron chi connectivity index (χ0n) is 28.3. The summed E-state index contributed by atoms with van der Waals surface area (Å²) >= 11 is 0. The lowest BCUT2D eigenvalue weighted by molar-refractivity contribution is -0.138. The molecule has 0 aromatic heterocycles. The van der Waals surface area contributed by atoms with Gasteiger partial charge in [0.2, 0.25) is 11.8 Å². The highest BCUT2D eigenvalue weighted by Crippen LogP contribution is 2.64. The molecule has 9 nitrogen and oxygen atoms in total. The molecular weight excluding hydrogens is 642 g/mol. The van der Waals surface area contributed by atoms with Gasteiger partial charge in [0.1, 0.15) is 0 Å². The second kappa shape index (κ2) is 12.1. The maximum Gasteiger partial charge on any atom is 0.260 e. The molecule has 0 radical (unpaired) electrons. The van der Waals surface area contributed by atoms with E-state index in [0.29, 0.717) is 28.9 Å². The van der Waals surface area contributed by atoms with E-state index in [0.717, 1.165) is 21.7 Å². The molecule has 4 aromatic carbocycles. The van der Waals surface area contributed by atoms with Gasteiger partial charge in [0, 0.05) is 5.92 Å². The van der Waals surface area contributed by atoms with Crippen molar-refractivity contribution in [2.45, 2.75) is 31.1 Å². The van der Waals surface area contributed by atoms with Gasteiger partial charge in [-0.25, -0.2) is 0 Å². The van der Waals surface area contributed by atoms with Gasteiger partial charge < -0.3 is 9.84 Å². The summed E-state index contributed by atoms with van der Waals surface area (Å²) in [6, 6.07) is 28.9. The number of imide groups is 2. The number of amides is 4. The number of rotatable bonds is 7. The quantitative estimate of drug-likeness (QED) is 0.168. The van der Waals surface area contributed by atoms with Crippen LogP contribution >= 0.6 is 0 Å². The number of carbonyl (C=O) groups is 4. The number of hydrogen-bond donors (Lipinski definition) is 2. The number of methoxy groups -OCH3 is 1. The Hall–Kier alpha value is -5.96. The highest BCUT2D eigenvalue weighted by atomic mass is 16.5. The zero-order valence-corrected chi connectivity index (χ0v) is 28.3. The van der Waals surface area contributed by atoms with Gasteiger partial charge in [0.05, 0.1) is 41.7 Å². The Bertz CT molecular complexity index is 2130. The van der Waals surface area contributed by atoms with E-state index in [1.165, 1.54) is 18.1 Å². The number of nitrogens with one attached hydrogen (secondary N) is 1. The number of hydrazine groups is 1. The summed E-state index contributed by atoms with van der Waals surface area (Å²) in [5.41, 5.74) is 6.81. The molecule has 2 N–H and O–H groups in total. The van der Waals surface area contributed by atoms with Gasteiger partial charge in [-0.05, 0) is 78.8 Å².